The summed E-state index contributed by atoms with van der Waals surface area (Å²) in [6.07, 6.45) is 17.0. The second-order valence-electron chi connectivity index (χ2n) is 6.95. The van der Waals surface area contributed by atoms with Crippen LogP contribution in [0.1, 0.15) is 84.4 Å². The summed E-state index contributed by atoms with van der Waals surface area (Å²) in [7, 11) is 0. The number of hydrogen-bond donors (Lipinski definition) is 0. The van der Waals surface area contributed by atoms with E-state index in [4.69, 9.17) is 0 Å². The number of carboxylic acid groups (broad SMARTS) is 1. The number of rotatable bonds is 14. The predicted molar refractivity (Wildman–Crippen MR) is 95.4 cm³/mol. The molecule has 0 aliphatic carbocycles. The van der Waals surface area contributed by atoms with E-state index in [-0.39, 0.29) is 0 Å². The molecule has 1 aromatic rings. The van der Waals surface area contributed by atoms with Crippen molar-refractivity contribution in [1.82, 2.24) is 4.57 Å². The van der Waals surface area contributed by atoms with Gasteiger partial charge in [0.25, 0.3) is 5.82 Å². The standard InChI is InChI=1S/C20H36N2O2/c1-4-6-7-8-9-10-11-12-13-14-19-21(5-2)15-16-22(19)17-18(3)20(23)24/h15-16,18H,4-14,17H2,1-3H3. The van der Waals surface area contributed by atoms with Gasteiger partial charge in [-0.2, -0.15) is 0 Å². The van der Waals surface area contributed by atoms with Crippen LogP contribution in [0.15, 0.2) is 12.4 Å². The first-order valence-corrected chi connectivity index (χ1v) is 9.88. The van der Waals surface area contributed by atoms with Crippen molar-refractivity contribution in [1.29, 1.82) is 0 Å². The molecule has 1 aromatic heterocycles. The molecule has 0 bridgehead atoms. The maximum absolute atomic E-state index is 11.0. The lowest BCUT2D eigenvalue weighted by atomic mass is 10.1. The monoisotopic (exact) mass is 336 g/mol. The average Bonchev–Trinajstić information content (AvgIpc) is 2.95. The van der Waals surface area contributed by atoms with Crippen molar-refractivity contribution >= 4 is 5.97 Å². The van der Waals surface area contributed by atoms with Gasteiger partial charge in [-0.3, -0.25) is 0 Å². The van der Waals surface area contributed by atoms with Crippen LogP contribution in [0.25, 0.3) is 0 Å². The lowest BCUT2D eigenvalue weighted by Gasteiger charge is -2.11. The number of nitrogens with zero attached hydrogens (tertiary/aromatic N) is 2. The first-order valence-electron chi connectivity index (χ1n) is 9.88. The van der Waals surface area contributed by atoms with Crippen molar-refractivity contribution in [3.05, 3.63) is 18.2 Å². The van der Waals surface area contributed by atoms with E-state index >= 15 is 0 Å². The van der Waals surface area contributed by atoms with Gasteiger partial charge in [-0.1, -0.05) is 65.2 Å². The third-order valence-electron chi connectivity index (χ3n) is 4.81. The molecule has 138 valence electrons. The van der Waals surface area contributed by atoms with E-state index in [9.17, 15) is 9.90 Å². The van der Waals surface area contributed by atoms with Gasteiger partial charge in [-0.05, 0) is 13.3 Å². The highest BCUT2D eigenvalue weighted by Crippen LogP contribution is 2.11. The largest absolute Gasteiger partial charge is 0.550 e. The first-order chi connectivity index (χ1) is 11.6. The average molecular weight is 337 g/mol. The maximum Gasteiger partial charge on any atom is 0.256 e. The molecular formula is C20H36N2O2. The quantitative estimate of drug-likeness (QED) is 0.387. The Morgan fingerprint density at radius 2 is 1.67 bits per heavy atom. The third kappa shape index (κ3) is 7.50. The van der Waals surface area contributed by atoms with E-state index in [2.05, 4.69) is 29.2 Å². The summed E-state index contributed by atoms with van der Waals surface area (Å²) in [6, 6.07) is 0. The van der Waals surface area contributed by atoms with Gasteiger partial charge in [0.05, 0.1) is 13.1 Å². The molecule has 1 unspecified atom stereocenters. The minimum Gasteiger partial charge on any atom is -0.550 e. The number of carbonyl (C=O) groups excluding carboxylic acids is 1. The van der Waals surface area contributed by atoms with Gasteiger partial charge in [0.2, 0.25) is 0 Å². The number of carboxylic acids is 1. The van der Waals surface area contributed by atoms with E-state index in [0.717, 1.165) is 13.0 Å². The van der Waals surface area contributed by atoms with Crippen molar-refractivity contribution in [2.75, 3.05) is 0 Å². The Hall–Kier alpha value is -1.32. The van der Waals surface area contributed by atoms with E-state index in [1.807, 2.05) is 6.20 Å². The number of hydrogen-bond acceptors (Lipinski definition) is 2. The zero-order valence-corrected chi connectivity index (χ0v) is 15.9. The highest BCUT2D eigenvalue weighted by atomic mass is 16.4. The molecule has 24 heavy (non-hydrogen) atoms. The smallest absolute Gasteiger partial charge is 0.256 e. The molecule has 1 rings (SSSR count). The Kier molecular flexibility index (Phi) is 10.4. The second-order valence-corrected chi connectivity index (χ2v) is 6.95. The number of aliphatic carboxylic acids is 1. The lowest BCUT2D eigenvalue weighted by molar-refractivity contribution is -0.708. The van der Waals surface area contributed by atoms with Crippen LogP contribution >= 0.6 is 0 Å². The topological polar surface area (TPSA) is 48.9 Å². The molecule has 4 nitrogen and oxygen atoms in total. The molecule has 0 fully saturated rings. The molecule has 0 aliphatic heterocycles. The number of aromatic nitrogens is 2. The summed E-state index contributed by atoms with van der Waals surface area (Å²) < 4.78 is 4.32. The summed E-state index contributed by atoms with van der Waals surface area (Å²) in [5, 5.41) is 11.0. The Labute approximate surface area is 147 Å². The van der Waals surface area contributed by atoms with Gasteiger partial charge in [0, 0.05) is 18.3 Å². The molecule has 1 atom stereocenters. The minimum atomic E-state index is -0.972. The molecule has 0 spiro atoms. The highest BCUT2D eigenvalue weighted by molar-refractivity contribution is 5.66. The number of imidazole rings is 1. The van der Waals surface area contributed by atoms with Crippen LogP contribution < -0.4 is 9.67 Å². The van der Waals surface area contributed by atoms with E-state index < -0.39 is 11.9 Å². The summed E-state index contributed by atoms with van der Waals surface area (Å²) in [5.41, 5.74) is 0. The van der Waals surface area contributed by atoms with Crippen LogP contribution in [0.2, 0.25) is 0 Å². The fraction of sp³-hybridized carbons (Fsp3) is 0.800. The number of aryl methyl sites for hydroxylation is 1. The fourth-order valence-electron chi connectivity index (χ4n) is 3.20. The molecule has 0 saturated carbocycles. The van der Waals surface area contributed by atoms with Crippen LogP contribution in [-0.2, 0) is 24.3 Å². The fourth-order valence-corrected chi connectivity index (χ4v) is 3.20. The zero-order chi connectivity index (χ0) is 17.8. The normalized spacial score (nSPS) is 12.5. The Bertz CT molecular complexity index is 468. The van der Waals surface area contributed by atoms with Crippen LogP contribution in [-0.4, -0.2) is 10.5 Å². The van der Waals surface area contributed by atoms with E-state index in [1.54, 1.807) is 6.92 Å². The number of unbranched alkanes of at least 4 members (excludes halogenated alkanes) is 8. The molecule has 4 heteroatoms. The van der Waals surface area contributed by atoms with Crippen LogP contribution in [0, 0.1) is 5.92 Å². The molecule has 1 heterocycles. The van der Waals surface area contributed by atoms with Gasteiger partial charge in [-0.15, -0.1) is 0 Å². The summed E-state index contributed by atoms with van der Waals surface area (Å²) in [6.45, 7) is 7.54. The molecule has 0 radical (unpaired) electrons. The van der Waals surface area contributed by atoms with Gasteiger partial charge < -0.3 is 9.90 Å². The van der Waals surface area contributed by atoms with Gasteiger partial charge in [-0.25, -0.2) is 9.13 Å². The molecule has 0 amide bonds. The van der Waals surface area contributed by atoms with Crippen LogP contribution in [0.4, 0.5) is 0 Å². The SMILES string of the molecule is CCCCCCCCCCCc1n(CC)cc[n+]1CC(C)C(=O)[O-]. The summed E-state index contributed by atoms with van der Waals surface area (Å²) >= 11 is 0. The third-order valence-corrected chi connectivity index (χ3v) is 4.81. The maximum atomic E-state index is 11.0. The first kappa shape index (κ1) is 20.7. The predicted octanol–water partition coefficient (Wildman–Crippen LogP) is 3.25. The second kappa shape index (κ2) is 12.1. The van der Waals surface area contributed by atoms with Crippen molar-refractivity contribution in [3.63, 3.8) is 0 Å². The Morgan fingerprint density at radius 1 is 1.08 bits per heavy atom. The van der Waals surface area contributed by atoms with Crippen molar-refractivity contribution in [2.45, 2.75) is 98.1 Å². The lowest BCUT2D eigenvalue weighted by Crippen LogP contribution is -2.45. The van der Waals surface area contributed by atoms with E-state index in [0.29, 0.717) is 6.54 Å². The van der Waals surface area contributed by atoms with Crippen molar-refractivity contribution in [2.24, 2.45) is 5.92 Å². The summed E-state index contributed by atoms with van der Waals surface area (Å²) in [4.78, 5) is 11.0. The van der Waals surface area contributed by atoms with Crippen molar-refractivity contribution in [3.8, 4) is 0 Å². The zero-order valence-electron chi connectivity index (χ0n) is 15.9. The molecule has 0 N–H and O–H groups in total. The van der Waals surface area contributed by atoms with Crippen LogP contribution in [0.5, 0.6) is 0 Å². The van der Waals surface area contributed by atoms with Gasteiger partial charge in [0.15, 0.2) is 0 Å². The van der Waals surface area contributed by atoms with Crippen molar-refractivity contribution < 1.29 is 14.5 Å². The molecule has 0 aromatic carbocycles. The number of carbonyl (C=O) groups is 1. The van der Waals surface area contributed by atoms with Crippen LogP contribution in [0.3, 0.4) is 0 Å². The summed E-state index contributed by atoms with van der Waals surface area (Å²) in [5.74, 6) is -0.182. The Balaban J connectivity index is 2.33. The van der Waals surface area contributed by atoms with Gasteiger partial charge in [0.1, 0.15) is 12.4 Å². The van der Waals surface area contributed by atoms with E-state index in [1.165, 1.54) is 63.6 Å². The minimum absolute atomic E-state index is 0.454. The van der Waals surface area contributed by atoms with Gasteiger partial charge >= 0.3 is 0 Å². The Morgan fingerprint density at radius 3 is 2.21 bits per heavy atom. The highest BCUT2D eigenvalue weighted by Gasteiger charge is 2.18. The molecular weight excluding hydrogens is 300 g/mol. The molecule has 0 aliphatic rings. The molecule has 0 saturated heterocycles.